The molecule has 1 heterocycles. The van der Waals surface area contributed by atoms with Gasteiger partial charge in [-0.3, -0.25) is 9.67 Å². The molecule has 0 aliphatic heterocycles. The molecule has 3 N–H and O–H groups in total. The topological polar surface area (TPSA) is 86.7 Å². The van der Waals surface area contributed by atoms with Crippen LogP contribution in [-0.4, -0.2) is 35.5 Å². The number of hydrogen-bond acceptors (Lipinski definition) is 4. The highest BCUT2D eigenvalue weighted by Crippen LogP contribution is 2.29. The number of guanidine groups is 1. The molecular formula is C20H31N5O2. The molecule has 0 aliphatic rings. The van der Waals surface area contributed by atoms with Crippen molar-refractivity contribution in [2.45, 2.75) is 40.5 Å². The summed E-state index contributed by atoms with van der Waals surface area (Å²) in [5, 5.41) is 7.57. The number of anilines is 1. The Kier molecular flexibility index (Phi) is 7.52. The fourth-order valence-electron chi connectivity index (χ4n) is 2.96. The van der Waals surface area contributed by atoms with E-state index < -0.39 is 0 Å². The SMILES string of the molecule is CCOc1ccc(OCC)c(NC(N)=NCCCc2c(C)nn(C)c2C)c1. The number of nitrogens with one attached hydrogen (secondary N) is 1. The van der Waals surface area contributed by atoms with Crippen LogP contribution in [0.4, 0.5) is 5.69 Å². The average Bonchev–Trinajstić information content (AvgIpc) is 2.87. The molecule has 0 saturated carbocycles. The molecule has 0 fully saturated rings. The van der Waals surface area contributed by atoms with Crippen molar-refractivity contribution < 1.29 is 9.47 Å². The highest BCUT2D eigenvalue weighted by molar-refractivity contribution is 5.94. The first-order valence-electron chi connectivity index (χ1n) is 9.41. The fourth-order valence-corrected chi connectivity index (χ4v) is 2.96. The quantitative estimate of drug-likeness (QED) is 0.400. The predicted octanol–water partition coefficient (Wildman–Crippen LogP) is 3.19. The number of aryl methyl sites for hydroxylation is 2. The van der Waals surface area contributed by atoms with Crippen LogP contribution in [0.25, 0.3) is 0 Å². The highest BCUT2D eigenvalue weighted by atomic mass is 16.5. The number of ether oxygens (including phenoxy) is 2. The fraction of sp³-hybridized carbons (Fsp3) is 0.500. The van der Waals surface area contributed by atoms with Gasteiger partial charge in [-0.1, -0.05) is 0 Å². The van der Waals surface area contributed by atoms with E-state index in [0.29, 0.717) is 25.7 Å². The van der Waals surface area contributed by atoms with Crippen LogP contribution in [0, 0.1) is 13.8 Å². The Morgan fingerprint density at radius 2 is 1.96 bits per heavy atom. The molecule has 0 saturated heterocycles. The van der Waals surface area contributed by atoms with Crippen molar-refractivity contribution in [3.05, 3.63) is 35.2 Å². The van der Waals surface area contributed by atoms with E-state index in [1.165, 1.54) is 11.3 Å². The third-order valence-electron chi connectivity index (χ3n) is 4.35. The number of aliphatic imine (C=N–C) groups is 1. The Bertz CT molecular complexity index is 783. The summed E-state index contributed by atoms with van der Waals surface area (Å²) in [5.41, 5.74) is 10.4. The number of aromatic nitrogens is 2. The number of hydrogen-bond donors (Lipinski definition) is 2. The lowest BCUT2D eigenvalue weighted by Gasteiger charge is -2.14. The van der Waals surface area contributed by atoms with Gasteiger partial charge in [-0.25, -0.2) is 0 Å². The maximum Gasteiger partial charge on any atom is 0.193 e. The number of rotatable bonds is 9. The van der Waals surface area contributed by atoms with Crippen LogP contribution in [0.5, 0.6) is 11.5 Å². The summed E-state index contributed by atoms with van der Waals surface area (Å²) < 4.78 is 13.1. The van der Waals surface area contributed by atoms with Gasteiger partial charge in [0.2, 0.25) is 0 Å². The van der Waals surface area contributed by atoms with Crippen molar-refractivity contribution in [3.63, 3.8) is 0 Å². The normalized spacial score (nSPS) is 11.5. The van der Waals surface area contributed by atoms with E-state index in [0.717, 1.165) is 35.7 Å². The molecule has 1 aromatic carbocycles. The van der Waals surface area contributed by atoms with Crippen molar-refractivity contribution in [2.24, 2.45) is 17.8 Å². The van der Waals surface area contributed by atoms with Gasteiger partial charge in [0, 0.05) is 25.4 Å². The van der Waals surface area contributed by atoms with Gasteiger partial charge in [-0.2, -0.15) is 5.10 Å². The minimum absolute atomic E-state index is 0.365. The second kappa shape index (κ2) is 9.85. The molecule has 0 bridgehead atoms. The zero-order chi connectivity index (χ0) is 19.8. The third-order valence-corrected chi connectivity index (χ3v) is 4.35. The predicted molar refractivity (Wildman–Crippen MR) is 110 cm³/mol. The maximum absolute atomic E-state index is 6.06. The van der Waals surface area contributed by atoms with E-state index in [9.17, 15) is 0 Å². The van der Waals surface area contributed by atoms with Crippen molar-refractivity contribution in [2.75, 3.05) is 25.1 Å². The summed E-state index contributed by atoms with van der Waals surface area (Å²) in [6, 6.07) is 5.63. The molecule has 148 valence electrons. The van der Waals surface area contributed by atoms with Gasteiger partial charge in [0.05, 0.1) is 24.6 Å². The van der Waals surface area contributed by atoms with Crippen LogP contribution in [0.1, 0.15) is 37.2 Å². The van der Waals surface area contributed by atoms with Gasteiger partial charge < -0.3 is 20.5 Å². The van der Waals surface area contributed by atoms with Crippen LogP contribution in [0.15, 0.2) is 23.2 Å². The summed E-state index contributed by atoms with van der Waals surface area (Å²) in [5.74, 6) is 1.85. The molecular weight excluding hydrogens is 342 g/mol. The molecule has 7 heteroatoms. The van der Waals surface area contributed by atoms with E-state index in [1.807, 2.05) is 50.7 Å². The van der Waals surface area contributed by atoms with E-state index in [2.05, 4.69) is 22.3 Å². The number of nitrogens with zero attached hydrogens (tertiary/aromatic N) is 3. The first-order valence-corrected chi connectivity index (χ1v) is 9.41. The number of benzene rings is 1. The summed E-state index contributed by atoms with van der Waals surface area (Å²) in [6.45, 7) is 9.85. The average molecular weight is 374 g/mol. The first-order chi connectivity index (χ1) is 13.0. The molecule has 1 aromatic heterocycles. The van der Waals surface area contributed by atoms with E-state index >= 15 is 0 Å². The summed E-state index contributed by atoms with van der Waals surface area (Å²) in [4.78, 5) is 4.44. The van der Waals surface area contributed by atoms with Crippen LogP contribution < -0.4 is 20.5 Å². The molecule has 2 rings (SSSR count). The van der Waals surface area contributed by atoms with Gasteiger partial charge in [-0.05, 0) is 58.2 Å². The minimum Gasteiger partial charge on any atom is -0.494 e. The minimum atomic E-state index is 0.365. The summed E-state index contributed by atoms with van der Waals surface area (Å²) in [7, 11) is 1.97. The second-order valence-electron chi connectivity index (χ2n) is 6.29. The molecule has 0 spiro atoms. The van der Waals surface area contributed by atoms with Gasteiger partial charge >= 0.3 is 0 Å². The molecule has 0 amide bonds. The molecule has 0 aliphatic carbocycles. The van der Waals surface area contributed by atoms with E-state index in [4.69, 9.17) is 15.2 Å². The molecule has 0 atom stereocenters. The van der Waals surface area contributed by atoms with Crippen molar-refractivity contribution in [3.8, 4) is 11.5 Å². The van der Waals surface area contributed by atoms with Gasteiger partial charge in [0.15, 0.2) is 5.96 Å². The molecule has 0 unspecified atom stereocenters. The van der Waals surface area contributed by atoms with Crippen molar-refractivity contribution in [1.29, 1.82) is 0 Å². The molecule has 0 radical (unpaired) electrons. The summed E-state index contributed by atoms with van der Waals surface area (Å²) >= 11 is 0. The lowest BCUT2D eigenvalue weighted by Crippen LogP contribution is -2.23. The largest absolute Gasteiger partial charge is 0.494 e. The lowest BCUT2D eigenvalue weighted by atomic mass is 10.1. The standard InChI is InChI=1S/C20H31N5O2/c1-6-26-16-10-11-19(27-7-2)18(13-16)23-20(21)22-12-8-9-17-14(3)24-25(5)15(17)4/h10-11,13H,6-9,12H2,1-5H3,(H3,21,22,23). The zero-order valence-corrected chi connectivity index (χ0v) is 17.0. The van der Waals surface area contributed by atoms with Gasteiger partial charge in [-0.15, -0.1) is 0 Å². The van der Waals surface area contributed by atoms with Crippen LogP contribution in [0.3, 0.4) is 0 Å². The lowest BCUT2D eigenvalue weighted by molar-refractivity contribution is 0.332. The Labute approximate surface area is 161 Å². The Morgan fingerprint density at radius 3 is 2.59 bits per heavy atom. The first kappa shape index (κ1) is 20.6. The molecule has 2 aromatic rings. The highest BCUT2D eigenvalue weighted by Gasteiger charge is 2.09. The zero-order valence-electron chi connectivity index (χ0n) is 17.0. The Balaban J connectivity index is 1.97. The van der Waals surface area contributed by atoms with Crippen LogP contribution in [-0.2, 0) is 13.5 Å². The second-order valence-corrected chi connectivity index (χ2v) is 6.29. The maximum atomic E-state index is 6.06. The summed E-state index contributed by atoms with van der Waals surface area (Å²) in [6.07, 6.45) is 1.85. The monoisotopic (exact) mass is 373 g/mol. The van der Waals surface area contributed by atoms with Crippen LogP contribution >= 0.6 is 0 Å². The number of nitrogens with two attached hydrogens (primary N) is 1. The third kappa shape index (κ3) is 5.64. The smallest absolute Gasteiger partial charge is 0.193 e. The van der Waals surface area contributed by atoms with E-state index in [1.54, 1.807) is 0 Å². The van der Waals surface area contributed by atoms with Gasteiger partial charge in [0.25, 0.3) is 0 Å². The van der Waals surface area contributed by atoms with Crippen molar-refractivity contribution in [1.82, 2.24) is 9.78 Å². The van der Waals surface area contributed by atoms with E-state index in [-0.39, 0.29) is 0 Å². The van der Waals surface area contributed by atoms with Gasteiger partial charge in [0.1, 0.15) is 11.5 Å². The molecule has 7 nitrogen and oxygen atoms in total. The van der Waals surface area contributed by atoms with Crippen LogP contribution in [0.2, 0.25) is 0 Å². The molecule has 27 heavy (non-hydrogen) atoms. The van der Waals surface area contributed by atoms with Crippen molar-refractivity contribution >= 4 is 11.6 Å². The Morgan fingerprint density at radius 1 is 1.22 bits per heavy atom. The Hall–Kier alpha value is -2.70.